The average Bonchev–Trinajstić information content (AvgIpc) is 2.93. The Morgan fingerprint density at radius 3 is 2.50 bits per heavy atom. The number of aromatic nitrogens is 1. The maximum absolute atomic E-state index is 13.1. The molecule has 0 saturated carbocycles. The molecule has 0 aliphatic carbocycles. The SMILES string of the molecule is Cc1ccc(NC(=O)c2ccc(CN3CCN(C)CC3)c(Br)c2)cc1Nc1cccc(-c2cccnc2)c1. The van der Waals surface area contributed by atoms with Crippen LogP contribution in [0.1, 0.15) is 21.5 Å². The smallest absolute Gasteiger partial charge is 0.255 e. The van der Waals surface area contributed by atoms with Gasteiger partial charge in [-0.2, -0.15) is 0 Å². The molecule has 1 fully saturated rings. The number of pyridine rings is 1. The number of anilines is 3. The second-order valence-electron chi connectivity index (χ2n) is 9.82. The van der Waals surface area contributed by atoms with Gasteiger partial charge in [0.2, 0.25) is 0 Å². The normalized spacial score (nSPS) is 14.3. The molecule has 4 aromatic rings. The molecule has 194 valence electrons. The molecule has 1 aliphatic heterocycles. The number of aryl methyl sites for hydroxylation is 1. The molecule has 0 spiro atoms. The van der Waals surface area contributed by atoms with E-state index in [1.54, 1.807) is 6.20 Å². The molecule has 5 rings (SSSR count). The van der Waals surface area contributed by atoms with Crippen LogP contribution in [0, 0.1) is 6.92 Å². The van der Waals surface area contributed by atoms with Crippen molar-refractivity contribution < 1.29 is 4.79 Å². The van der Waals surface area contributed by atoms with E-state index in [9.17, 15) is 4.79 Å². The lowest BCUT2D eigenvalue weighted by atomic mass is 10.1. The van der Waals surface area contributed by atoms with Crippen molar-refractivity contribution in [2.24, 2.45) is 0 Å². The van der Waals surface area contributed by atoms with E-state index in [1.165, 1.54) is 5.56 Å². The quantitative estimate of drug-likeness (QED) is 0.264. The summed E-state index contributed by atoms with van der Waals surface area (Å²) in [7, 11) is 2.16. The second-order valence-corrected chi connectivity index (χ2v) is 10.7. The number of piperazine rings is 1. The Bertz CT molecular complexity index is 1420. The van der Waals surface area contributed by atoms with Gasteiger partial charge in [0.25, 0.3) is 5.91 Å². The van der Waals surface area contributed by atoms with Crippen molar-refractivity contribution in [1.82, 2.24) is 14.8 Å². The number of carbonyl (C=O) groups excluding carboxylic acids is 1. The van der Waals surface area contributed by atoms with Crippen LogP contribution < -0.4 is 10.6 Å². The number of benzene rings is 3. The van der Waals surface area contributed by atoms with E-state index in [2.05, 4.69) is 73.5 Å². The predicted octanol–water partition coefficient (Wildman–Crippen LogP) is 6.56. The highest BCUT2D eigenvalue weighted by molar-refractivity contribution is 9.10. The first-order valence-corrected chi connectivity index (χ1v) is 13.6. The zero-order chi connectivity index (χ0) is 26.5. The van der Waals surface area contributed by atoms with Crippen LogP contribution in [0.5, 0.6) is 0 Å². The van der Waals surface area contributed by atoms with Gasteiger partial charge in [-0.3, -0.25) is 14.7 Å². The lowest BCUT2D eigenvalue weighted by molar-refractivity contribution is 0.102. The number of hydrogen-bond acceptors (Lipinski definition) is 5. The highest BCUT2D eigenvalue weighted by atomic mass is 79.9. The van der Waals surface area contributed by atoms with E-state index in [4.69, 9.17) is 0 Å². The molecule has 6 nitrogen and oxygen atoms in total. The third-order valence-corrected chi connectivity index (χ3v) is 7.68. The van der Waals surface area contributed by atoms with Crippen LogP contribution in [0.15, 0.2) is 89.7 Å². The first-order valence-electron chi connectivity index (χ1n) is 12.8. The zero-order valence-electron chi connectivity index (χ0n) is 21.7. The summed E-state index contributed by atoms with van der Waals surface area (Å²) in [5.74, 6) is -0.134. The third-order valence-electron chi connectivity index (χ3n) is 6.94. The number of nitrogens with one attached hydrogen (secondary N) is 2. The molecule has 0 bridgehead atoms. The minimum atomic E-state index is -0.134. The number of carbonyl (C=O) groups is 1. The minimum Gasteiger partial charge on any atom is -0.355 e. The molecule has 0 atom stereocenters. The Hall–Kier alpha value is -3.52. The van der Waals surface area contributed by atoms with Crippen molar-refractivity contribution in [3.63, 3.8) is 0 Å². The molecule has 38 heavy (non-hydrogen) atoms. The highest BCUT2D eigenvalue weighted by Gasteiger charge is 2.16. The van der Waals surface area contributed by atoms with Gasteiger partial charge in [0, 0.05) is 77.8 Å². The zero-order valence-corrected chi connectivity index (χ0v) is 23.3. The molecule has 1 saturated heterocycles. The maximum atomic E-state index is 13.1. The summed E-state index contributed by atoms with van der Waals surface area (Å²) >= 11 is 3.69. The average molecular weight is 571 g/mol. The Balaban J connectivity index is 1.26. The fourth-order valence-electron chi connectivity index (χ4n) is 4.57. The van der Waals surface area contributed by atoms with Gasteiger partial charge in [-0.15, -0.1) is 0 Å². The van der Waals surface area contributed by atoms with Gasteiger partial charge in [-0.1, -0.05) is 46.3 Å². The number of hydrogen-bond donors (Lipinski definition) is 2. The van der Waals surface area contributed by atoms with Crippen LogP contribution in [0.3, 0.4) is 0 Å². The Morgan fingerprint density at radius 1 is 0.921 bits per heavy atom. The summed E-state index contributed by atoms with van der Waals surface area (Å²) in [6.07, 6.45) is 3.63. The molecule has 1 aliphatic rings. The number of nitrogens with zero attached hydrogens (tertiary/aromatic N) is 3. The number of amides is 1. The van der Waals surface area contributed by atoms with E-state index in [0.717, 1.165) is 70.9 Å². The van der Waals surface area contributed by atoms with Crippen molar-refractivity contribution in [2.75, 3.05) is 43.9 Å². The van der Waals surface area contributed by atoms with Crippen molar-refractivity contribution in [3.05, 3.63) is 106 Å². The third kappa shape index (κ3) is 6.48. The fraction of sp³-hybridized carbons (Fsp3) is 0.226. The minimum absolute atomic E-state index is 0.134. The van der Waals surface area contributed by atoms with Crippen molar-refractivity contribution in [1.29, 1.82) is 0 Å². The van der Waals surface area contributed by atoms with Crippen LogP contribution >= 0.6 is 15.9 Å². The molecule has 7 heteroatoms. The van der Waals surface area contributed by atoms with Gasteiger partial charge in [0.1, 0.15) is 0 Å². The number of halogens is 1. The largest absolute Gasteiger partial charge is 0.355 e. The van der Waals surface area contributed by atoms with Gasteiger partial charge >= 0.3 is 0 Å². The first kappa shape index (κ1) is 26.1. The summed E-state index contributed by atoms with van der Waals surface area (Å²) in [5.41, 5.74) is 7.71. The van der Waals surface area contributed by atoms with E-state index in [0.29, 0.717) is 5.56 Å². The molecular formula is C31H32BrN5O. The van der Waals surface area contributed by atoms with E-state index in [1.807, 2.05) is 60.8 Å². The van der Waals surface area contributed by atoms with E-state index < -0.39 is 0 Å². The van der Waals surface area contributed by atoms with Crippen molar-refractivity contribution >= 4 is 38.9 Å². The molecule has 2 N–H and O–H groups in total. The van der Waals surface area contributed by atoms with Crippen molar-refractivity contribution in [3.8, 4) is 11.1 Å². The number of likely N-dealkylation sites (N-methyl/N-ethyl adjacent to an activating group) is 1. The molecule has 0 unspecified atom stereocenters. The van der Waals surface area contributed by atoms with Crippen LogP contribution in [0.25, 0.3) is 11.1 Å². The highest BCUT2D eigenvalue weighted by Crippen LogP contribution is 2.28. The predicted molar refractivity (Wildman–Crippen MR) is 159 cm³/mol. The first-order chi connectivity index (χ1) is 18.4. The molecule has 2 heterocycles. The van der Waals surface area contributed by atoms with Crippen LogP contribution in [-0.2, 0) is 6.54 Å². The maximum Gasteiger partial charge on any atom is 0.255 e. The van der Waals surface area contributed by atoms with Gasteiger partial charge in [0.05, 0.1) is 0 Å². The lowest BCUT2D eigenvalue weighted by Crippen LogP contribution is -2.43. The van der Waals surface area contributed by atoms with Crippen LogP contribution in [0.4, 0.5) is 17.1 Å². The summed E-state index contributed by atoms with van der Waals surface area (Å²) in [6.45, 7) is 7.22. The van der Waals surface area contributed by atoms with Gasteiger partial charge < -0.3 is 15.5 Å². The van der Waals surface area contributed by atoms with E-state index in [-0.39, 0.29) is 5.91 Å². The molecule has 1 amide bonds. The standard InChI is InChI=1S/C31H32BrN5O/c1-22-8-11-28(19-30(22)34-27-7-3-5-23(17-27)25-6-4-12-33-20-25)35-31(38)24-9-10-26(29(32)18-24)21-37-15-13-36(2)14-16-37/h3-12,17-20,34H,13-16,21H2,1-2H3,(H,35,38). The second kappa shape index (κ2) is 11.9. The molecular weight excluding hydrogens is 538 g/mol. The van der Waals surface area contributed by atoms with Crippen LogP contribution in [-0.4, -0.2) is 53.9 Å². The Kier molecular flexibility index (Phi) is 8.17. The fourth-order valence-corrected chi connectivity index (χ4v) is 5.07. The van der Waals surface area contributed by atoms with Gasteiger partial charge in [-0.05, 0) is 73.1 Å². The van der Waals surface area contributed by atoms with Crippen LogP contribution in [0.2, 0.25) is 0 Å². The Morgan fingerprint density at radius 2 is 1.74 bits per heavy atom. The molecule has 1 aromatic heterocycles. The Labute approximate surface area is 232 Å². The summed E-state index contributed by atoms with van der Waals surface area (Å²) in [5, 5.41) is 6.56. The summed E-state index contributed by atoms with van der Waals surface area (Å²) < 4.78 is 0.962. The summed E-state index contributed by atoms with van der Waals surface area (Å²) in [6, 6.07) is 24.0. The van der Waals surface area contributed by atoms with Crippen molar-refractivity contribution in [2.45, 2.75) is 13.5 Å². The monoisotopic (exact) mass is 569 g/mol. The van der Waals surface area contributed by atoms with E-state index >= 15 is 0 Å². The van der Waals surface area contributed by atoms with Gasteiger partial charge in [-0.25, -0.2) is 0 Å². The topological polar surface area (TPSA) is 60.5 Å². The summed E-state index contributed by atoms with van der Waals surface area (Å²) in [4.78, 5) is 22.1. The lowest BCUT2D eigenvalue weighted by Gasteiger charge is -2.32. The molecule has 3 aromatic carbocycles. The van der Waals surface area contributed by atoms with Gasteiger partial charge in [0.15, 0.2) is 0 Å². The number of rotatable bonds is 7. The molecule has 0 radical (unpaired) electrons.